The van der Waals surface area contributed by atoms with E-state index in [1.807, 2.05) is 20.8 Å². The fraction of sp³-hybridized carbons (Fsp3) is 0.875. The number of unbranched alkanes of at least 4 members (excludes halogenated alkanes) is 1. The van der Waals surface area contributed by atoms with E-state index in [0.717, 1.165) is 19.3 Å². The van der Waals surface area contributed by atoms with Gasteiger partial charge in [-0.2, -0.15) is 0 Å². The first-order valence-corrected chi connectivity index (χ1v) is 10.6. The second-order valence-electron chi connectivity index (χ2n) is 7.00. The molecule has 0 spiro atoms. The van der Waals surface area contributed by atoms with Gasteiger partial charge in [0.2, 0.25) is 0 Å². The van der Waals surface area contributed by atoms with E-state index < -0.39 is 21.5 Å². The average Bonchev–Trinajstić information content (AvgIpc) is 2.45. The van der Waals surface area contributed by atoms with Gasteiger partial charge in [0.05, 0.1) is 5.75 Å². The predicted molar refractivity (Wildman–Crippen MR) is 102 cm³/mol. The van der Waals surface area contributed by atoms with Gasteiger partial charge >= 0.3 is 6.09 Å². The van der Waals surface area contributed by atoms with Gasteiger partial charge in [-0.05, 0) is 27.2 Å². The molecule has 1 amide bonds. The number of carbonyl (C=O) groups excluding carboxylic acids is 1. The maximum absolute atomic E-state index is 11.8. The molecule has 0 radical (unpaired) electrons. The number of amides is 1. The van der Waals surface area contributed by atoms with E-state index >= 15 is 0 Å². The number of ether oxygens (including phenoxy) is 1. The van der Waals surface area contributed by atoms with Gasteiger partial charge in [0, 0.05) is 32.4 Å². The Morgan fingerprint density at radius 2 is 1.88 bits per heavy atom. The number of sulfone groups is 1. The Kier molecular flexibility index (Phi) is 10.5. The molecule has 0 aromatic rings. The van der Waals surface area contributed by atoms with Gasteiger partial charge in [-0.25, -0.2) is 13.2 Å². The van der Waals surface area contributed by atoms with Crippen molar-refractivity contribution in [2.45, 2.75) is 58.6 Å². The van der Waals surface area contributed by atoms with Crippen molar-refractivity contribution in [2.24, 2.45) is 4.99 Å². The lowest BCUT2D eigenvalue weighted by Gasteiger charge is -2.24. The van der Waals surface area contributed by atoms with Crippen LogP contribution in [0.4, 0.5) is 4.79 Å². The highest BCUT2D eigenvalue weighted by Gasteiger charge is 2.18. The van der Waals surface area contributed by atoms with E-state index in [1.165, 1.54) is 6.26 Å². The van der Waals surface area contributed by atoms with Gasteiger partial charge in [0.15, 0.2) is 5.96 Å². The van der Waals surface area contributed by atoms with Crippen LogP contribution < -0.4 is 16.0 Å². The first-order valence-electron chi connectivity index (χ1n) is 8.58. The Morgan fingerprint density at radius 3 is 2.36 bits per heavy atom. The molecule has 0 rings (SSSR count). The molecule has 0 aliphatic carbocycles. The van der Waals surface area contributed by atoms with Crippen LogP contribution in [0.5, 0.6) is 0 Å². The van der Waals surface area contributed by atoms with E-state index in [4.69, 9.17) is 4.74 Å². The molecular weight excluding hydrogens is 344 g/mol. The third-order valence-electron chi connectivity index (χ3n) is 3.13. The molecule has 0 heterocycles. The van der Waals surface area contributed by atoms with Crippen LogP contribution in [0.1, 0.15) is 47.0 Å². The van der Waals surface area contributed by atoms with Crippen molar-refractivity contribution in [3.63, 3.8) is 0 Å². The Bertz CT molecular complexity index is 527. The normalized spacial score (nSPS) is 13.9. The lowest BCUT2D eigenvalue weighted by atomic mass is 10.1. The molecule has 25 heavy (non-hydrogen) atoms. The summed E-state index contributed by atoms with van der Waals surface area (Å²) in [7, 11) is -1.41. The molecule has 0 saturated heterocycles. The summed E-state index contributed by atoms with van der Waals surface area (Å²) in [5, 5.41) is 8.95. The Morgan fingerprint density at radius 1 is 1.24 bits per heavy atom. The minimum absolute atomic E-state index is 0.0306. The molecule has 0 aliphatic heterocycles. The van der Waals surface area contributed by atoms with Crippen molar-refractivity contribution in [3.8, 4) is 0 Å². The second-order valence-corrected chi connectivity index (χ2v) is 9.25. The summed E-state index contributed by atoms with van der Waals surface area (Å²) >= 11 is 0. The summed E-state index contributed by atoms with van der Waals surface area (Å²) < 4.78 is 27.6. The van der Waals surface area contributed by atoms with Crippen molar-refractivity contribution in [1.29, 1.82) is 0 Å². The number of rotatable bonds is 9. The van der Waals surface area contributed by atoms with E-state index in [-0.39, 0.29) is 18.3 Å². The SMILES string of the molecule is CCCCC(CNC(=O)OC(C)(C)C)NC(=NC)NCCS(C)(=O)=O. The number of carbonyl (C=O) groups is 1. The molecule has 0 aromatic heterocycles. The molecule has 8 nitrogen and oxygen atoms in total. The molecule has 148 valence electrons. The molecule has 0 fully saturated rings. The molecule has 0 bridgehead atoms. The largest absolute Gasteiger partial charge is 0.444 e. The smallest absolute Gasteiger partial charge is 0.407 e. The average molecular weight is 379 g/mol. The van der Waals surface area contributed by atoms with E-state index in [0.29, 0.717) is 12.5 Å². The fourth-order valence-electron chi connectivity index (χ4n) is 1.94. The lowest BCUT2D eigenvalue weighted by molar-refractivity contribution is 0.0522. The maximum Gasteiger partial charge on any atom is 0.407 e. The molecule has 1 atom stereocenters. The van der Waals surface area contributed by atoms with Crippen molar-refractivity contribution >= 4 is 21.9 Å². The van der Waals surface area contributed by atoms with Gasteiger partial charge in [-0.1, -0.05) is 19.8 Å². The molecule has 1 unspecified atom stereocenters. The number of guanidine groups is 1. The van der Waals surface area contributed by atoms with Crippen molar-refractivity contribution in [1.82, 2.24) is 16.0 Å². The Hall–Kier alpha value is -1.51. The standard InChI is InChI=1S/C16H34N4O4S/c1-7-8-9-13(12-19-15(21)24-16(2,3)4)20-14(17-5)18-10-11-25(6,22)23/h13H,7-12H2,1-6H3,(H,19,21)(H2,17,18,20). The molecule has 0 aliphatic rings. The molecule has 9 heteroatoms. The van der Waals surface area contributed by atoms with Gasteiger partial charge in [0.1, 0.15) is 15.4 Å². The molecule has 0 aromatic carbocycles. The van der Waals surface area contributed by atoms with Crippen LogP contribution in [0.25, 0.3) is 0 Å². The number of alkyl carbamates (subject to hydrolysis) is 1. The maximum atomic E-state index is 11.8. The minimum atomic E-state index is -3.03. The van der Waals surface area contributed by atoms with Crippen molar-refractivity contribution in [2.75, 3.05) is 32.1 Å². The first-order chi connectivity index (χ1) is 11.5. The first kappa shape index (κ1) is 23.5. The van der Waals surface area contributed by atoms with Crippen molar-refractivity contribution in [3.05, 3.63) is 0 Å². The number of hydrogen-bond donors (Lipinski definition) is 3. The quantitative estimate of drug-likeness (QED) is 0.412. The van der Waals surface area contributed by atoms with Gasteiger partial charge in [0.25, 0.3) is 0 Å². The zero-order chi connectivity index (χ0) is 19.5. The monoisotopic (exact) mass is 378 g/mol. The highest BCUT2D eigenvalue weighted by molar-refractivity contribution is 7.90. The summed E-state index contributed by atoms with van der Waals surface area (Å²) in [6.45, 7) is 8.20. The van der Waals surface area contributed by atoms with E-state index in [2.05, 4.69) is 27.9 Å². The number of nitrogens with one attached hydrogen (secondary N) is 3. The Labute approximate surface area is 152 Å². The van der Waals surface area contributed by atoms with Crippen LogP contribution in [-0.2, 0) is 14.6 Å². The zero-order valence-corrected chi connectivity index (χ0v) is 17.1. The summed E-state index contributed by atoms with van der Waals surface area (Å²) in [5.74, 6) is 0.541. The van der Waals surface area contributed by atoms with Crippen LogP contribution >= 0.6 is 0 Å². The predicted octanol–water partition coefficient (Wildman–Crippen LogP) is 1.28. The van der Waals surface area contributed by atoms with Crippen LogP contribution in [0.2, 0.25) is 0 Å². The number of aliphatic imine (C=N–C) groups is 1. The third-order valence-corrected chi connectivity index (χ3v) is 4.07. The second kappa shape index (κ2) is 11.2. The highest BCUT2D eigenvalue weighted by atomic mass is 32.2. The van der Waals surface area contributed by atoms with Gasteiger partial charge in [-0.3, -0.25) is 4.99 Å². The summed E-state index contributed by atoms with van der Waals surface area (Å²) in [4.78, 5) is 15.9. The van der Waals surface area contributed by atoms with Crippen LogP contribution in [0.3, 0.4) is 0 Å². The Balaban J connectivity index is 4.55. The number of hydrogen-bond acceptors (Lipinski definition) is 5. The van der Waals surface area contributed by atoms with Crippen molar-refractivity contribution < 1.29 is 17.9 Å². The highest BCUT2D eigenvalue weighted by Crippen LogP contribution is 2.07. The topological polar surface area (TPSA) is 109 Å². The third kappa shape index (κ3) is 14.5. The molecular formula is C16H34N4O4S. The lowest BCUT2D eigenvalue weighted by Crippen LogP contribution is -2.49. The van der Waals surface area contributed by atoms with Gasteiger partial charge < -0.3 is 20.7 Å². The number of nitrogens with zero attached hydrogens (tertiary/aromatic N) is 1. The van der Waals surface area contributed by atoms with Crippen LogP contribution in [0, 0.1) is 0 Å². The summed E-state index contributed by atoms with van der Waals surface area (Å²) in [5.41, 5.74) is -0.542. The van der Waals surface area contributed by atoms with Gasteiger partial charge in [-0.15, -0.1) is 0 Å². The summed E-state index contributed by atoms with van der Waals surface area (Å²) in [6, 6.07) is -0.0306. The summed E-state index contributed by atoms with van der Waals surface area (Å²) in [6.07, 6.45) is 3.60. The van der Waals surface area contributed by atoms with E-state index in [9.17, 15) is 13.2 Å². The van der Waals surface area contributed by atoms with Crippen LogP contribution in [0.15, 0.2) is 4.99 Å². The molecule has 0 saturated carbocycles. The zero-order valence-electron chi connectivity index (χ0n) is 16.3. The minimum Gasteiger partial charge on any atom is -0.444 e. The van der Waals surface area contributed by atoms with Crippen LogP contribution in [-0.4, -0.2) is 64.3 Å². The van der Waals surface area contributed by atoms with E-state index in [1.54, 1.807) is 7.05 Å². The molecule has 3 N–H and O–H groups in total. The fourth-order valence-corrected chi connectivity index (χ4v) is 2.41.